The molecule has 9 heteroatoms. The van der Waals surface area contributed by atoms with Crippen LogP contribution in [0.4, 0.5) is 10.5 Å². The van der Waals surface area contributed by atoms with Gasteiger partial charge in [0.1, 0.15) is 17.9 Å². The van der Waals surface area contributed by atoms with Crippen molar-refractivity contribution in [1.82, 2.24) is 14.5 Å². The van der Waals surface area contributed by atoms with Crippen molar-refractivity contribution >= 4 is 22.7 Å². The molecule has 4 aromatic rings. The highest BCUT2D eigenvalue weighted by molar-refractivity contribution is 5.96. The Morgan fingerprint density at radius 2 is 1.89 bits per heavy atom. The third kappa shape index (κ3) is 4.67. The molecule has 2 aromatic carbocycles. The van der Waals surface area contributed by atoms with Crippen molar-refractivity contribution < 1.29 is 14.3 Å². The van der Waals surface area contributed by atoms with Crippen LogP contribution in [0.15, 0.2) is 54.9 Å². The van der Waals surface area contributed by atoms with Crippen LogP contribution in [0, 0.1) is 22.7 Å². The topological polar surface area (TPSA) is 126 Å². The van der Waals surface area contributed by atoms with Gasteiger partial charge >= 0.3 is 12.1 Å². The quantitative estimate of drug-likeness (QED) is 0.334. The van der Waals surface area contributed by atoms with Crippen LogP contribution in [0.5, 0.6) is 11.8 Å². The Bertz CT molecular complexity index is 1560. The van der Waals surface area contributed by atoms with E-state index in [-0.39, 0.29) is 23.7 Å². The summed E-state index contributed by atoms with van der Waals surface area (Å²) in [7, 11) is 0. The van der Waals surface area contributed by atoms with Crippen molar-refractivity contribution in [2.45, 2.75) is 45.3 Å². The molecule has 1 aliphatic rings. The maximum atomic E-state index is 12.1. The van der Waals surface area contributed by atoms with Crippen LogP contribution in [0.2, 0.25) is 0 Å². The highest BCUT2D eigenvalue weighted by Crippen LogP contribution is 2.44. The zero-order chi connectivity index (χ0) is 25.9. The molecule has 0 atom stereocenters. The molecule has 0 aliphatic heterocycles. The molecule has 1 fully saturated rings. The first kappa shape index (κ1) is 23.8. The van der Waals surface area contributed by atoms with Gasteiger partial charge in [0.2, 0.25) is 0 Å². The summed E-state index contributed by atoms with van der Waals surface area (Å²) in [5, 5.41) is 23.5. The molecule has 0 bridgehead atoms. The number of fused-ring (bicyclic) bond motifs is 1. The van der Waals surface area contributed by atoms with Crippen molar-refractivity contribution in [3.05, 3.63) is 66.0 Å². The van der Waals surface area contributed by atoms with E-state index < -0.39 is 6.09 Å². The van der Waals surface area contributed by atoms with E-state index in [0.29, 0.717) is 22.6 Å². The van der Waals surface area contributed by atoms with Crippen LogP contribution in [0.25, 0.3) is 22.2 Å². The normalized spacial score (nSPS) is 13.0. The van der Waals surface area contributed by atoms with Gasteiger partial charge in [0.15, 0.2) is 0 Å². The largest absolute Gasteiger partial charge is 0.447 e. The van der Waals surface area contributed by atoms with E-state index in [9.17, 15) is 15.3 Å². The van der Waals surface area contributed by atoms with E-state index in [0.717, 1.165) is 35.9 Å². The molecular weight excluding hydrogens is 468 g/mol. The SMILES string of the molecule is CC(C)OC(=O)Nc1ccc(-c2c(C#N)c3ccc(Oc4ncccn4)cc3n2C2CCC2)cc1C#N. The molecule has 0 unspecified atom stereocenters. The van der Waals surface area contributed by atoms with Crippen molar-refractivity contribution in [2.75, 3.05) is 5.32 Å². The van der Waals surface area contributed by atoms with E-state index in [4.69, 9.17) is 9.47 Å². The molecule has 1 saturated carbocycles. The summed E-state index contributed by atoms with van der Waals surface area (Å²) in [5.41, 5.74) is 3.47. The molecule has 37 heavy (non-hydrogen) atoms. The van der Waals surface area contributed by atoms with Crippen molar-refractivity contribution in [3.63, 3.8) is 0 Å². The van der Waals surface area contributed by atoms with Crippen molar-refractivity contribution in [1.29, 1.82) is 10.5 Å². The standard InChI is InChI=1S/C28H24N6O3/c1-17(2)36-28(35)33-24-10-7-18(13-19(24)15-29)26-23(16-30)22-9-8-21(37-27-31-11-4-12-32-27)14-25(22)34(26)20-5-3-6-20/h4,7-14,17,20H,3,5-6H2,1-2H3,(H,33,35). The first-order valence-corrected chi connectivity index (χ1v) is 12.0. The molecule has 184 valence electrons. The molecule has 0 spiro atoms. The number of amides is 1. The number of aromatic nitrogens is 3. The molecule has 1 N–H and O–H groups in total. The van der Waals surface area contributed by atoms with Gasteiger partial charge in [-0.05, 0) is 63.4 Å². The molecule has 9 nitrogen and oxygen atoms in total. The second-order valence-electron chi connectivity index (χ2n) is 9.05. The lowest BCUT2D eigenvalue weighted by molar-refractivity contribution is 0.130. The van der Waals surface area contributed by atoms with Crippen LogP contribution in [0.3, 0.4) is 0 Å². The van der Waals surface area contributed by atoms with Gasteiger partial charge in [-0.25, -0.2) is 14.8 Å². The smallest absolute Gasteiger partial charge is 0.411 e. The Labute approximate surface area is 213 Å². The summed E-state index contributed by atoms with van der Waals surface area (Å²) in [4.78, 5) is 20.4. The Morgan fingerprint density at radius 1 is 1.11 bits per heavy atom. The predicted molar refractivity (Wildman–Crippen MR) is 137 cm³/mol. The number of anilines is 1. The fourth-order valence-corrected chi connectivity index (χ4v) is 4.46. The molecule has 5 rings (SSSR count). The monoisotopic (exact) mass is 492 g/mol. The molecule has 1 aliphatic carbocycles. The molecule has 0 radical (unpaired) electrons. The number of benzene rings is 2. The second-order valence-corrected chi connectivity index (χ2v) is 9.05. The fourth-order valence-electron chi connectivity index (χ4n) is 4.46. The summed E-state index contributed by atoms with van der Waals surface area (Å²) in [6, 6.07) is 17.4. The van der Waals surface area contributed by atoms with Gasteiger partial charge in [0, 0.05) is 35.5 Å². The summed E-state index contributed by atoms with van der Waals surface area (Å²) >= 11 is 0. The number of nitriles is 2. The van der Waals surface area contributed by atoms with E-state index in [1.165, 1.54) is 0 Å². The van der Waals surface area contributed by atoms with Gasteiger partial charge in [-0.3, -0.25) is 5.32 Å². The fraction of sp³-hybridized carbons (Fsp3) is 0.250. The first-order chi connectivity index (χ1) is 18.0. The van der Waals surface area contributed by atoms with E-state index in [1.54, 1.807) is 50.5 Å². The minimum atomic E-state index is -0.629. The highest BCUT2D eigenvalue weighted by atomic mass is 16.6. The first-order valence-electron chi connectivity index (χ1n) is 12.0. The minimum Gasteiger partial charge on any atom is -0.447 e. The third-order valence-corrected chi connectivity index (χ3v) is 6.27. The number of ether oxygens (including phenoxy) is 2. The number of nitrogens with one attached hydrogen (secondary N) is 1. The number of carbonyl (C=O) groups is 1. The number of nitrogens with zero attached hydrogens (tertiary/aromatic N) is 5. The van der Waals surface area contributed by atoms with E-state index >= 15 is 0 Å². The number of hydrogen-bond acceptors (Lipinski definition) is 7. The highest BCUT2D eigenvalue weighted by Gasteiger charge is 2.28. The second kappa shape index (κ2) is 10.00. The van der Waals surface area contributed by atoms with Crippen LogP contribution in [0.1, 0.15) is 50.3 Å². The van der Waals surface area contributed by atoms with Gasteiger partial charge in [-0.2, -0.15) is 10.5 Å². The summed E-state index contributed by atoms with van der Waals surface area (Å²) in [5.74, 6) is 0.564. The van der Waals surface area contributed by atoms with Crippen LogP contribution < -0.4 is 10.1 Å². The maximum Gasteiger partial charge on any atom is 0.411 e. The third-order valence-electron chi connectivity index (χ3n) is 6.27. The maximum absolute atomic E-state index is 12.1. The number of carbonyl (C=O) groups excluding carboxylic acids is 1. The number of hydrogen-bond donors (Lipinski definition) is 1. The molecule has 0 saturated heterocycles. The average molecular weight is 493 g/mol. The zero-order valence-corrected chi connectivity index (χ0v) is 20.4. The van der Waals surface area contributed by atoms with Crippen molar-refractivity contribution in [3.8, 4) is 35.2 Å². The lowest BCUT2D eigenvalue weighted by atomic mass is 9.92. The molecule has 1 amide bonds. The van der Waals surface area contributed by atoms with E-state index in [2.05, 4.69) is 32.0 Å². The molecule has 2 heterocycles. The lowest BCUT2D eigenvalue weighted by Gasteiger charge is -2.30. The summed E-state index contributed by atoms with van der Waals surface area (Å²) in [6.45, 7) is 3.50. The zero-order valence-electron chi connectivity index (χ0n) is 20.4. The Hall–Kier alpha value is -4.89. The Balaban J connectivity index is 1.62. The predicted octanol–water partition coefficient (Wildman–Crippen LogP) is 6.32. The molecular formula is C28H24N6O3. The van der Waals surface area contributed by atoms with Gasteiger partial charge < -0.3 is 14.0 Å². The lowest BCUT2D eigenvalue weighted by Crippen LogP contribution is -2.19. The van der Waals surface area contributed by atoms with Gasteiger partial charge in [-0.15, -0.1) is 0 Å². The summed E-state index contributed by atoms with van der Waals surface area (Å²) in [6.07, 6.45) is 5.37. The van der Waals surface area contributed by atoms with Gasteiger partial charge in [0.05, 0.1) is 34.1 Å². The van der Waals surface area contributed by atoms with Crippen molar-refractivity contribution in [2.24, 2.45) is 0 Å². The molecule has 2 aromatic heterocycles. The Kier molecular flexibility index (Phi) is 6.44. The Morgan fingerprint density at radius 3 is 2.54 bits per heavy atom. The van der Waals surface area contributed by atoms with Crippen LogP contribution in [-0.2, 0) is 4.74 Å². The summed E-state index contributed by atoms with van der Waals surface area (Å²) < 4.78 is 13.2. The van der Waals surface area contributed by atoms with E-state index in [1.807, 2.05) is 18.2 Å². The van der Waals surface area contributed by atoms with Crippen LogP contribution >= 0.6 is 0 Å². The minimum absolute atomic E-state index is 0.215. The van der Waals surface area contributed by atoms with Gasteiger partial charge in [-0.1, -0.05) is 6.07 Å². The number of rotatable bonds is 6. The van der Waals surface area contributed by atoms with Gasteiger partial charge in [0.25, 0.3) is 0 Å². The van der Waals surface area contributed by atoms with Crippen LogP contribution in [-0.4, -0.2) is 26.7 Å². The average Bonchev–Trinajstić information content (AvgIpc) is 3.16.